The van der Waals surface area contributed by atoms with Crippen LogP contribution in [0, 0.1) is 0 Å². The van der Waals surface area contributed by atoms with E-state index in [9.17, 15) is 5.11 Å². The predicted octanol–water partition coefficient (Wildman–Crippen LogP) is 6.84. The highest BCUT2D eigenvalue weighted by Gasteiger charge is 2.24. The fourth-order valence-corrected chi connectivity index (χ4v) is 5.30. The van der Waals surface area contributed by atoms with Gasteiger partial charge in [0.05, 0.1) is 14.2 Å². The Morgan fingerprint density at radius 3 is 2.38 bits per heavy atom. The molecule has 40 heavy (non-hydrogen) atoms. The van der Waals surface area contributed by atoms with Crippen molar-refractivity contribution in [2.75, 3.05) is 46.3 Å². The maximum absolute atomic E-state index is 9.89. The molecule has 2 N–H and O–H groups in total. The maximum Gasteiger partial charge on any atom is 0.162 e. The highest BCUT2D eigenvalue weighted by atomic mass is 16.5. The number of methoxy groups -OCH3 is 2. The van der Waals surface area contributed by atoms with Gasteiger partial charge in [-0.05, 0) is 118 Å². The smallest absolute Gasteiger partial charge is 0.162 e. The van der Waals surface area contributed by atoms with Gasteiger partial charge >= 0.3 is 0 Å². The Hall–Kier alpha value is -3.38. The van der Waals surface area contributed by atoms with Crippen molar-refractivity contribution in [1.29, 1.82) is 0 Å². The number of hydrogen-bond acceptors (Lipinski definition) is 6. The summed E-state index contributed by atoms with van der Waals surface area (Å²) in [5.41, 5.74) is 6.37. The van der Waals surface area contributed by atoms with E-state index in [1.807, 2.05) is 6.07 Å². The minimum atomic E-state index is 0.145. The SMILES string of the molecule is COc1cc(NCCCc2ccc(OCCN(C)C(C)(C)C)cc2)c([C@@H]2CCc3cc(O)ccc3C2)cc1OC. The third-order valence-electron chi connectivity index (χ3n) is 8.14. The summed E-state index contributed by atoms with van der Waals surface area (Å²) in [4.78, 5) is 2.30. The zero-order chi connectivity index (χ0) is 28.7. The van der Waals surface area contributed by atoms with Crippen LogP contribution >= 0.6 is 0 Å². The number of phenols is 1. The van der Waals surface area contributed by atoms with E-state index in [2.05, 4.69) is 80.5 Å². The minimum absolute atomic E-state index is 0.145. The van der Waals surface area contributed by atoms with Gasteiger partial charge in [-0.3, -0.25) is 4.90 Å². The number of phenolic OH excluding ortho intramolecular Hbond substituents is 1. The highest BCUT2D eigenvalue weighted by Crippen LogP contribution is 2.42. The van der Waals surface area contributed by atoms with E-state index in [0.29, 0.717) is 18.3 Å². The second kappa shape index (κ2) is 13.3. The van der Waals surface area contributed by atoms with Crippen LogP contribution < -0.4 is 19.5 Å². The molecule has 0 unspecified atom stereocenters. The van der Waals surface area contributed by atoms with E-state index in [0.717, 1.165) is 68.1 Å². The Morgan fingerprint density at radius 2 is 1.68 bits per heavy atom. The van der Waals surface area contributed by atoms with Crippen LogP contribution in [0.2, 0.25) is 0 Å². The number of hydrogen-bond donors (Lipinski definition) is 2. The molecule has 3 aromatic rings. The number of nitrogens with one attached hydrogen (secondary N) is 1. The number of nitrogens with zero attached hydrogens (tertiary/aromatic N) is 1. The molecule has 0 fully saturated rings. The molecule has 0 aromatic heterocycles. The normalized spacial score (nSPS) is 15.0. The molecule has 0 radical (unpaired) electrons. The van der Waals surface area contributed by atoms with Gasteiger partial charge in [0.25, 0.3) is 0 Å². The van der Waals surface area contributed by atoms with E-state index in [4.69, 9.17) is 14.2 Å². The molecule has 4 rings (SSSR count). The molecule has 216 valence electrons. The van der Waals surface area contributed by atoms with Crippen molar-refractivity contribution in [2.24, 2.45) is 0 Å². The van der Waals surface area contributed by atoms with Crippen LogP contribution in [0.1, 0.15) is 61.8 Å². The number of anilines is 1. The Balaban J connectivity index is 1.34. The van der Waals surface area contributed by atoms with Crippen molar-refractivity contribution < 1.29 is 19.3 Å². The lowest BCUT2D eigenvalue weighted by Crippen LogP contribution is -2.40. The summed E-state index contributed by atoms with van der Waals surface area (Å²) in [6, 6.07) is 18.5. The highest BCUT2D eigenvalue weighted by molar-refractivity contribution is 5.62. The number of likely N-dealkylation sites (N-methyl/N-ethyl adjacent to an activating group) is 1. The predicted molar refractivity (Wildman–Crippen MR) is 164 cm³/mol. The first-order chi connectivity index (χ1) is 19.2. The molecule has 6 heteroatoms. The van der Waals surface area contributed by atoms with E-state index >= 15 is 0 Å². The molecule has 0 amide bonds. The molecule has 0 aliphatic heterocycles. The Bertz CT molecular complexity index is 1250. The summed E-state index contributed by atoms with van der Waals surface area (Å²) in [6.45, 7) is 9.07. The van der Waals surface area contributed by atoms with E-state index in [-0.39, 0.29) is 5.54 Å². The molecule has 1 aliphatic rings. The number of benzene rings is 3. The van der Waals surface area contributed by atoms with Gasteiger partial charge in [0.2, 0.25) is 0 Å². The first-order valence-corrected chi connectivity index (χ1v) is 14.4. The maximum atomic E-state index is 9.89. The van der Waals surface area contributed by atoms with Crippen molar-refractivity contribution in [3.05, 3.63) is 76.9 Å². The van der Waals surface area contributed by atoms with Crippen LogP contribution in [0.5, 0.6) is 23.0 Å². The zero-order valence-corrected chi connectivity index (χ0v) is 25.0. The van der Waals surface area contributed by atoms with Crippen molar-refractivity contribution in [3.63, 3.8) is 0 Å². The van der Waals surface area contributed by atoms with E-state index in [1.165, 1.54) is 22.3 Å². The van der Waals surface area contributed by atoms with Crippen LogP contribution in [0.15, 0.2) is 54.6 Å². The minimum Gasteiger partial charge on any atom is -0.508 e. The lowest BCUT2D eigenvalue weighted by molar-refractivity contribution is 0.144. The number of aryl methyl sites for hydroxylation is 2. The summed E-state index contributed by atoms with van der Waals surface area (Å²) in [5.74, 6) is 3.13. The number of fused-ring (bicyclic) bond motifs is 1. The lowest BCUT2D eigenvalue weighted by Gasteiger charge is -2.31. The number of ether oxygens (including phenoxy) is 3. The molecular weight excluding hydrogens is 500 g/mol. The van der Waals surface area contributed by atoms with Gasteiger partial charge in [0.1, 0.15) is 18.1 Å². The quantitative estimate of drug-likeness (QED) is 0.243. The lowest BCUT2D eigenvalue weighted by atomic mass is 9.79. The van der Waals surface area contributed by atoms with Gasteiger partial charge in [-0.1, -0.05) is 18.2 Å². The Kier molecular flexibility index (Phi) is 9.85. The van der Waals surface area contributed by atoms with Crippen LogP contribution in [0.4, 0.5) is 5.69 Å². The fraction of sp³-hybridized carbons (Fsp3) is 0.471. The summed E-state index contributed by atoms with van der Waals surface area (Å²) in [5, 5.41) is 13.6. The van der Waals surface area contributed by atoms with E-state index in [1.54, 1.807) is 20.3 Å². The van der Waals surface area contributed by atoms with Crippen LogP contribution in [-0.4, -0.2) is 56.5 Å². The summed E-state index contributed by atoms with van der Waals surface area (Å²) in [7, 11) is 5.50. The molecule has 0 saturated heterocycles. The second-order valence-corrected chi connectivity index (χ2v) is 11.8. The Morgan fingerprint density at radius 1 is 0.950 bits per heavy atom. The molecule has 1 aliphatic carbocycles. The van der Waals surface area contributed by atoms with Gasteiger partial charge in [0, 0.05) is 30.4 Å². The third kappa shape index (κ3) is 7.63. The number of rotatable bonds is 12. The number of aromatic hydroxyl groups is 1. The van der Waals surface area contributed by atoms with Crippen molar-refractivity contribution in [2.45, 2.75) is 64.3 Å². The van der Waals surface area contributed by atoms with Gasteiger partial charge < -0.3 is 24.6 Å². The first-order valence-electron chi connectivity index (χ1n) is 14.4. The molecule has 1 atom stereocenters. The molecule has 3 aromatic carbocycles. The summed E-state index contributed by atoms with van der Waals surface area (Å²) >= 11 is 0. The fourth-order valence-electron chi connectivity index (χ4n) is 5.30. The van der Waals surface area contributed by atoms with Crippen LogP contribution in [0.25, 0.3) is 0 Å². The second-order valence-electron chi connectivity index (χ2n) is 11.8. The summed E-state index contributed by atoms with van der Waals surface area (Å²) in [6.07, 6.45) is 4.93. The molecule has 0 bridgehead atoms. The van der Waals surface area contributed by atoms with Crippen molar-refractivity contribution in [3.8, 4) is 23.0 Å². The molecule has 0 saturated carbocycles. The molecular formula is C34H46N2O4. The zero-order valence-electron chi connectivity index (χ0n) is 25.0. The average Bonchev–Trinajstić information content (AvgIpc) is 2.94. The largest absolute Gasteiger partial charge is 0.508 e. The van der Waals surface area contributed by atoms with Crippen molar-refractivity contribution >= 4 is 5.69 Å². The average molecular weight is 547 g/mol. The van der Waals surface area contributed by atoms with Gasteiger partial charge in [-0.2, -0.15) is 0 Å². The van der Waals surface area contributed by atoms with Gasteiger partial charge in [-0.15, -0.1) is 0 Å². The molecule has 6 nitrogen and oxygen atoms in total. The molecule has 0 heterocycles. The first kappa shape index (κ1) is 29.6. The topological polar surface area (TPSA) is 63.2 Å². The Labute approximate surface area is 240 Å². The standard InChI is InChI=1S/C34H46N2O4/c1-34(2,3)36(4)18-19-40-29-15-9-24(10-16-29)8-7-17-35-31-23-33(39-6)32(38-5)22-30(31)27-12-11-26-21-28(37)14-13-25(26)20-27/h9-10,13-16,21-23,27,35,37H,7-8,11-12,17-20H2,1-6H3/t27-/m1/s1. The third-order valence-corrected chi connectivity index (χ3v) is 8.14. The van der Waals surface area contributed by atoms with E-state index < -0.39 is 0 Å². The molecule has 0 spiro atoms. The van der Waals surface area contributed by atoms with Crippen molar-refractivity contribution in [1.82, 2.24) is 4.90 Å². The monoisotopic (exact) mass is 546 g/mol. The van der Waals surface area contributed by atoms with Crippen LogP contribution in [0.3, 0.4) is 0 Å². The van der Waals surface area contributed by atoms with Gasteiger partial charge in [-0.25, -0.2) is 0 Å². The van der Waals surface area contributed by atoms with Crippen LogP contribution in [-0.2, 0) is 19.3 Å². The van der Waals surface area contributed by atoms with Gasteiger partial charge in [0.15, 0.2) is 11.5 Å². The summed E-state index contributed by atoms with van der Waals surface area (Å²) < 4.78 is 17.2.